The molecular weight excluding hydrogens is 1110 g/mol. The van der Waals surface area contributed by atoms with E-state index in [2.05, 4.69) is 0 Å². The van der Waals surface area contributed by atoms with E-state index in [0.29, 0.717) is 0 Å². The summed E-state index contributed by atoms with van der Waals surface area (Å²) >= 11 is 0. The normalized spacial score (nSPS) is 11.2. The fourth-order valence-corrected chi connectivity index (χ4v) is 16.0. The van der Waals surface area contributed by atoms with E-state index < -0.39 is 54.1 Å². The van der Waals surface area contributed by atoms with E-state index in [0.717, 1.165) is 47.7 Å². The average Bonchev–Trinajstić information content (AvgIpc) is 3.36. The second kappa shape index (κ2) is 27.1. The van der Waals surface area contributed by atoms with Crippen molar-refractivity contribution in [3.63, 3.8) is 0 Å². The first kappa shape index (κ1) is 57.5. The molecule has 0 aliphatic rings. The standard InChI is InChI=1S/3C18H15O3PS.Na.Rh.H/c3*19-23(20,21)18-13-7-12-17(14-18)22(15-8-3-1-4-9-15)16-10-5-2-6-11-16;;;/h3*1-14H,(H,19,20,21);;;/q;;;+1;+3;-1/p-3. The summed E-state index contributed by atoms with van der Waals surface area (Å²) in [6.45, 7) is 0. The molecule has 0 radical (unpaired) electrons. The van der Waals surface area contributed by atoms with Gasteiger partial charge in [-0.05, 0) is 108 Å². The van der Waals surface area contributed by atoms with Crippen molar-refractivity contribution >= 4 is 102 Å². The number of hydrogen-bond donors (Lipinski definition) is 0. The molecule has 0 unspecified atom stereocenters. The molecule has 0 aliphatic heterocycles. The Balaban J connectivity index is 0.000000230. The maximum absolute atomic E-state index is 11.3. The maximum Gasteiger partial charge on any atom is 3.00 e. The first-order valence-corrected chi connectivity index (χ1v) is 29.3. The number of hydrogen-bond acceptors (Lipinski definition) is 9. The Bertz CT molecular complexity index is 2950. The van der Waals surface area contributed by atoms with Gasteiger partial charge in [0.2, 0.25) is 0 Å². The fraction of sp³-hybridized carbons (Fsp3) is 0. The van der Waals surface area contributed by atoms with Gasteiger partial charge in [0.1, 0.15) is 30.4 Å². The van der Waals surface area contributed by atoms with E-state index in [1.807, 2.05) is 200 Å². The van der Waals surface area contributed by atoms with Crippen LogP contribution in [-0.2, 0) is 49.8 Å². The summed E-state index contributed by atoms with van der Waals surface area (Å²) in [5.74, 6) is 0. The zero-order valence-corrected chi connectivity index (χ0v) is 46.6. The van der Waals surface area contributed by atoms with Crippen molar-refractivity contribution in [2.75, 3.05) is 0 Å². The molecule has 0 saturated carbocycles. The Hall–Kier alpha value is -4.38. The molecule has 9 nitrogen and oxygen atoms in total. The molecule has 0 amide bonds. The third-order valence-electron chi connectivity index (χ3n) is 10.2. The number of benzene rings is 9. The number of rotatable bonds is 12. The van der Waals surface area contributed by atoms with Crippen molar-refractivity contribution in [1.82, 2.24) is 0 Å². The fourth-order valence-electron chi connectivity index (χ4n) is 7.14. The molecule has 0 spiro atoms. The molecule has 9 rings (SSSR count). The first-order valence-electron chi connectivity index (χ1n) is 21.1. The van der Waals surface area contributed by atoms with Crippen LogP contribution in [0.15, 0.2) is 269 Å². The van der Waals surface area contributed by atoms with Crippen LogP contribution in [0, 0.1) is 0 Å². The van der Waals surface area contributed by atoms with Crippen LogP contribution in [0.4, 0.5) is 0 Å². The summed E-state index contributed by atoms with van der Waals surface area (Å²) < 4.78 is 102. The summed E-state index contributed by atoms with van der Waals surface area (Å²) in [5.41, 5.74) is 0. The van der Waals surface area contributed by atoms with Crippen molar-refractivity contribution in [3.05, 3.63) is 255 Å². The molecule has 0 bridgehead atoms. The largest absolute Gasteiger partial charge is 3.00 e. The molecule has 17 heteroatoms. The summed E-state index contributed by atoms with van der Waals surface area (Å²) in [6.07, 6.45) is 0. The van der Waals surface area contributed by atoms with Crippen LogP contribution in [0.25, 0.3) is 0 Å². The van der Waals surface area contributed by atoms with E-state index in [4.69, 9.17) is 0 Å². The Labute approximate surface area is 456 Å². The van der Waals surface area contributed by atoms with Crippen molar-refractivity contribution in [2.45, 2.75) is 14.7 Å². The van der Waals surface area contributed by atoms with Crippen LogP contribution < -0.4 is 77.3 Å². The minimum Gasteiger partial charge on any atom is -1.00 e. The average molecular weight is 1150 g/mol. The third kappa shape index (κ3) is 16.3. The van der Waals surface area contributed by atoms with Crippen LogP contribution in [0.2, 0.25) is 0 Å². The molecular formula is C54H43NaO9P3RhS3. The van der Waals surface area contributed by atoms with Crippen molar-refractivity contribution in [1.29, 1.82) is 0 Å². The Morgan fingerprint density at radius 3 is 0.563 bits per heavy atom. The van der Waals surface area contributed by atoms with Crippen LogP contribution >= 0.6 is 23.8 Å². The van der Waals surface area contributed by atoms with E-state index in [1.165, 1.54) is 36.4 Å². The van der Waals surface area contributed by atoms with Gasteiger partial charge in [0.25, 0.3) is 0 Å². The monoisotopic (exact) mass is 1150 g/mol. The van der Waals surface area contributed by atoms with Crippen molar-refractivity contribution < 1.29 is 89.4 Å². The van der Waals surface area contributed by atoms with Gasteiger partial charge in [-0.15, -0.1) is 0 Å². The van der Waals surface area contributed by atoms with Gasteiger partial charge in [0.05, 0.1) is 14.7 Å². The van der Waals surface area contributed by atoms with Crippen LogP contribution in [0.5, 0.6) is 0 Å². The molecule has 0 aromatic heterocycles. The first-order chi connectivity index (χ1) is 33.2. The van der Waals surface area contributed by atoms with Gasteiger partial charge in [-0.1, -0.05) is 218 Å². The predicted octanol–water partition coefficient (Wildman–Crippen LogP) is 4.16. The van der Waals surface area contributed by atoms with E-state index in [-0.39, 0.29) is 65.1 Å². The van der Waals surface area contributed by atoms with Crippen molar-refractivity contribution in [2.24, 2.45) is 0 Å². The Morgan fingerprint density at radius 2 is 0.408 bits per heavy atom. The molecule has 71 heavy (non-hydrogen) atoms. The summed E-state index contributed by atoms with van der Waals surface area (Å²) in [7, 11) is -16.1. The van der Waals surface area contributed by atoms with Gasteiger partial charge in [-0.2, -0.15) is 0 Å². The molecule has 0 saturated heterocycles. The van der Waals surface area contributed by atoms with E-state index in [1.54, 1.807) is 18.2 Å². The van der Waals surface area contributed by atoms with Gasteiger partial charge < -0.3 is 15.1 Å². The minimum atomic E-state index is -4.46. The third-order valence-corrected chi connectivity index (χ3v) is 19.9. The molecule has 0 atom stereocenters. The Kier molecular flexibility index (Phi) is 21.9. The minimum absolute atomic E-state index is 0. The van der Waals surface area contributed by atoms with Gasteiger partial charge in [-0.25, -0.2) is 25.3 Å². The second-order valence-electron chi connectivity index (χ2n) is 14.9. The second-order valence-corrected chi connectivity index (χ2v) is 25.7. The maximum atomic E-state index is 11.3. The topological polar surface area (TPSA) is 172 Å². The zero-order valence-electron chi connectivity index (χ0n) is 38.8. The molecule has 9 aromatic rings. The van der Waals surface area contributed by atoms with Gasteiger partial charge in [-0.3, -0.25) is 0 Å². The van der Waals surface area contributed by atoms with Gasteiger partial charge >= 0.3 is 49.0 Å². The zero-order chi connectivity index (χ0) is 48.9. The van der Waals surface area contributed by atoms with Gasteiger partial charge in [0, 0.05) is 0 Å². The molecule has 0 heterocycles. The molecule has 0 aliphatic carbocycles. The van der Waals surface area contributed by atoms with Crippen LogP contribution in [0.3, 0.4) is 0 Å². The SMILES string of the molecule is O=S(=O)([O-])c1cccc(P(c2ccccc2)c2ccccc2)c1.O=S(=O)([O-])c1cccc(P(c2ccccc2)c2ccccc2)c1.O=S(=O)([O-])c1cccc(P(c2ccccc2)c2ccccc2)c1.[H-].[Na+].[Rh+3]. The molecule has 356 valence electrons. The van der Waals surface area contributed by atoms with Crippen molar-refractivity contribution in [3.8, 4) is 0 Å². The summed E-state index contributed by atoms with van der Waals surface area (Å²) in [5, 5.41) is 9.16. The Morgan fingerprint density at radius 1 is 0.254 bits per heavy atom. The van der Waals surface area contributed by atoms with Gasteiger partial charge in [0.15, 0.2) is 0 Å². The summed E-state index contributed by atoms with van der Waals surface area (Å²) in [4.78, 5) is -0.557. The quantitative estimate of drug-likeness (QED) is 0.0991. The van der Waals surface area contributed by atoms with E-state index >= 15 is 0 Å². The summed E-state index contributed by atoms with van der Waals surface area (Å²) in [6, 6.07) is 78.5. The molecule has 0 N–H and O–H groups in total. The predicted molar refractivity (Wildman–Crippen MR) is 280 cm³/mol. The molecule has 9 aromatic carbocycles. The smallest absolute Gasteiger partial charge is 1.00 e. The molecule has 0 fully saturated rings. The van der Waals surface area contributed by atoms with Crippen LogP contribution in [-0.4, -0.2) is 38.9 Å². The van der Waals surface area contributed by atoms with E-state index in [9.17, 15) is 38.9 Å². The van der Waals surface area contributed by atoms with Crippen LogP contribution in [0.1, 0.15) is 1.43 Å².